The first-order chi connectivity index (χ1) is 9.63. The van der Waals surface area contributed by atoms with Crippen LogP contribution in [0.5, 0.6) is 0 Å². The van der Waals surface area contributed by atoms with Crippen LogP contribution in [-0.2, 0) is 22.9 Å². The molecule has 110 valence electrons. The molecule has 21 heavy (non-hydrogen) atoms. The van der Waals surface area contributed by atoms with Gasteiger partial charge in [-0.05, 0) is 29.7 Å². The Balaban J connectivity index is 2.98. The topological polar surface area (TPSA) is 97.7 Å². The van der Waals surface area contributed by atoms with Gasteiger partial charge in [0.15, 0.2) is 0 Å². The van der Waals surface area contributed by atoms with Crippen molar-refractivity contribution in [3.05, 3.63) is 30.3 Å². The summed E-state index contributed by atoms with van der Waals surface area (Å²) in [6.07, 6.45) is 1.32. The molecule has 0 saturated carbocycles. The predicted molar refractivity (Wildman–Crippen MR) is 77.8 cm³/mol. The van der Waals surface area contributed by atoms with Crippen LogP contribution in [0.25, 0.3) is 10.8 Å². The molecule has 6 nitrogen and oxygen atoms in total. The van der Waals surface area contributed by atoms with Gasteiger partial charge in [0, 0.05) is 26.8 Å². The fourth-order valence-corrected chi connectivity index (χ4v) is 3.73. The number of aliphatic imine (C=N–C) groups is 1. The van der Waals surface area contributed by atoms with Crippen LogP contribution < -0.4 is 0 Å². The number of halogens is 2. The van der Waals surface area contributed by atoms with Crippen molar-refractivity contribution in [2.45, 2.75) is 9.79 Å². The summed E-state index contributed by atoms with van der Waals surface area (Å²) in [6, 6.07) is 6.07. The molecule has 0 amide bonds. The van der Waals surface area contributed by atoms with E-state index in [1.165, 1.54) is 24.3 Å². The van der Waals surface area contributed by atoms with E-state index in [9.17, 15) is 21.6 Å². The Morgan fingerprint density at radius 2 is 1.62 bits per heavy atom. The first-order valence-electron chi connectivity index (χ1n) is 5.18. The van der Waals surface area contributed by atoms with Crippen molar-refractivity contribution in [1.29, 1.82) is 0 Å². The minimum atomic E-state index is -4.20. The molecule has 2 aromatic rings. The maximum absolute atomic E-state index is 11.6. The summed E-state index contributed by atoms with van der Waals surface area (Å²) in [4.78, 5) is 12.8. The van der Waals surface area contributed by atoms with Crippen molar-refractivity contribution in [2.24, 2.45) is 4.99 Å². The second-order valence-electron chi connectivity index (χ2n) is 3.91. The quantitative estimate of drug-likeness (QED) is 0.473. The van der Waals surface area contributed by atoms with Crippen molar-refractivity contribution in [2.75, 3.05) is 0 Å². The molecule has 0 aromatic heterocycles. The molecule has 0 radical (unpaired) electrons. The summed E-state index contributed by atoms with van der Waals surface area (Å²) in [6.45, 7) is 0. The molecule has 0 atom stereocenters. The van der Waals surface area contributed by atoms with Crippen LogP contribution in [0.1, 0.15) is 0 Å². The van der Waals surface area contributed by atoms with Gasteiger partial charge in [0.05, 0.1) is 15.5 Å². The molecule has 0 saturated heterocycles. The van der Waals surface area contributed by atoms with Gasteiger partial charge in [0.2, 0.25) is 6.08 Å². The predicted octanol–water partition coefficient (Wildman–Crippen LogP) is 2.66. The van der Waals surface area contributed by atoms with E-state index in [1.54, 1.807) is 0 Å². The minimum Gasteiger partial charge on any atom is -0.211 e. The van der Waals surface area contributed by atoms with Crippen LogP contribution in [0.3, 0.4) is 0 Å². The lowest BCUT2D eigenvalue weighted by molar-refractivity contribution is 0.565. The molecular formula is C11H5Cl2NO5S2. The van der Waals surface area contributed by atoms with Crippen LogP contribution in [0.15, 0.2) is 45.1 Å². The smallest absolute Gasteiger partial charge is 0.211 e. The highest BCUT2D eigenvalue weighted by atomic mass is 35.7. The summed E-state index contributed by atoms with van der Waals surface area (Å²) in [5, 5.41) is 0.381. The van der Waals surface area contributed by atoms with Gasteiger partial charge in [-0.1, -0.05) is 6.07 Å². The fourth-order valence-electron chi connectivity index (χ4n) is 1.76. The van der Waals surface area contributed by atoms with Crippen LogP contribution in [0.2, 0.25) is 0 Å². The number of isocyanates is 1. The summed E-state index contributed by atoms with van der Waals surface area (Å²) < 4.78 is 46.0. The van der Waals surface area contributed by atoms with E-state index in [0.717, 1.165) is 12.1 Å². The van der Waals surface area contributed by atoms with Gasteiger partial charge in [0.25, 0.3) is 18.1 Å². The maximum Gasteiger partial charge on any atom is 0.261 e. The Morgan fingerprint density at radius 3 is 2.14 bits per heavy atom. The summed E-state index contributed by atoms with van der Waals surface area (Å²) in [7, 11) is 2.18. The number of fused-ring (bicyclic) bond motifs is 1. The number of hydrogen-bond acceptors (Lipinski definition) is 6. The van der Waals surface area contributed by atoms with Crippen LogP contribution in [0, 0.1) is 0 Å². The van der Waals surface area contributed by atoms with Crippen molar-refractivity contribution < 1.29 is 21.6 Å². The normalized spacial score (nSPS) is 12.1. The second-order valence-corrected chi connectivity index (χ2v) is 9.01. The Kier molecular flexibility index (Phi) is 4.10. The Hall–Kier alpha value is -1.44. The number of rotatable bonds is 3. The molecule has 0 heterocycles. The average molecular weight is 366 g/mol. The van der Waals surface area contributed by atoms with Gasteiger partial charge in [-0.15, -0.1) is 0 Å². The molecule has 10 heteroatoms. The molecular weight excluding hydrogens is 361 g/mol. The van der Waals surface area contributed by atoms with Gasteiger partial charge in [-0.25, -0.2) is 21.6 Å². The Morgan fingerprint density at radius 1 is 0.952 bits per heavy atom. The molecule has 0 fully saturated rings. The lowest BCUT2D eigenvalue weighted by Crippen LogP contribution is -1.97. The van der Waals surface area contributed by atoms with Gasteiger partial charge in [-0.3, -0.25) is 0 Å². The van der Waals surface area contributed by atoms with Crippen LogP contribution >= 0.6 is 21.4 Å². The summed E-state index contributed by atoms with van der Waals surface area (Å²) >= 11 is 0. The van der Waals surface area contributed by atoms with Crippen molar-refractivity contribution in [3.8, 4) is 0 Å². The van der Waals surface area contributed by atoms with E-state index in [0.29, 0.717) is 0 Å². The van der Waals surface area contributed by atoms with E-state index < -0.39 is 27.9 Å². The number of carbonyl (C=O) groups excluding carboxylic acids is 1. The summed E-state index contributed by atoms with van der Waals surface area (Å²) in [5.74, 6) is 0. The van der Waals surface area contributed by atoms with E-state index in [-0.39, 0.29) is 16.5 Å². The van der Waals surface area contributed by atoms with Crippen LogP contribution in [-0.4, -0.2) is 22.9 Å². The molecule has 0 aliphatic carbocycles. The standard InChI is InChI=1S/C11H5Cl2NO5S2/c12-20(16,17)9-4-7-3-8(14-6-15)1-2-10(7)11(5-9)21(13,18)19/h1-5H. The molecule has 2 rings (SSSR count). The monoisotopic (exact) mass is 365 g/mol. The van der Waals surface area contributed by atoms with Gasteiger partial charge >= 0.3 is 0 Å². The summed E-state index contributed by atoms with van der Waals surface area (Å²) in [5.41, 5.74) is 0.180. The van der Waals surface area contributed by atoms with Crippen molar-refractivity contribution in [1.82, 2.24) is 0 Å². The van der Waals surface area contributed by atoms with E-state index in [1.807, 2.05) is 0 Å². The molecule has 0 spiro atoms. The Labute approximate surface area is 128 Å². The molecule has 0 unspecified atom stereocenters. The second kappa shape index (κ2) is 5.40. The zero-order valence-electron chi connectivity index (χ0n) is 9.95. The highest BCUT2D eigenvalue weighted by Crippen LogP contribution is 2.32. The van der Waals surface area contributed by atoms with Gasteiger partial charge in [0.1, 0.15) is 0 Å². The van der Waals surface area contributed by atoms with Crippen molar-refractivity contribution >= 4 is 62.0 Å². The van der Waals surface area contributed by atoms with Gasteiger partial charge < -0.3 is 0 Å². The third kappa shape index (κ3) is 3.42. The highest BCUT2D eigenvalue weighted by molar-refractivity contribution is 8.14. The van der Waals surface area contributed by atoms with Gasteiger partial charge in [-0.2, -0.15) is 4.99 Å². The SMILES string of the molecule is O=C=Nc1ccc2c(S(=O)(=O)Cl)cc(S(=O)(=O)Cl)cc2c1. The lowest BCUT2D eigenvalue weighted by Gasteiger charge is -2.07. The molecule has 2 aromatic carbocycles. The zero-order chi connectivity index (χ0) is 15.8. The lowest BCUT2D eigenvalue weighted by atomic mass is 10.1. The van der Waals surface area contributed by atoms with E-state index in [4.69, 9.17) is 21.4 Å². The maximum atomic E-state index is 11.6. The Bertz CT molecular complexity index is 993. The van der Waals surface area contributed by atoms with Crippen molar-refractivity contribution in [3.63, 3.8) is 0 Å². The molecule has 0 aliphatic rings. The number of benzene rings is 2. The first-order valence-corrected chi connectivity index (χ1v) is 9.80. The van der Waals surface area contributed by atoms with E-state index in [2.05, 4.69) is 4.99 Å². The fraction of sp³-hybridized carbons (Fsp3) is 0. The minimum absolute atomic E-state index is 0.180. The zero-order valence-corrected chi connectivity index (χ0v) is 13.1. The number of hydrogen-bond donors (Lipinski definition) is 0. The average Bonchev–Trinajstić information content (AvgIpc) is 2.35. The van der Waals surface area contributed by atoms with Crippen LogP contribution in [0.4, 0.5) is 5.69 Å². The molecule has 0 bridgehead atoms. The highest BCUT2D eigenvalue weighted by Gasteiger charge is 2.20. The molecule has 0 aliphatic heterocycles. The number of nitrogens with zero attached hydrogens (tertiary/aromatic N) is 1. The largest absolute Gasteiger partial charge is 0.261 e. The third-order valence-corrected chi connectivity index (χ3v) is 5.29. The van der Waals surface area contributed by atoms with E-state index >= 15 is 0 Å². The molecule has 0 N–H and O–H groups in total. The third-order valence-electron chi connectivity index (χ3n) is 2.59. The first kappa shape index (κ1) is 15.9.